The molecule has 3 atom stereocenters. The van der Waals surface area contributed by atoms with Crippen molar-refractivity contribution in [3.63, 3.8) is 0 Å². The molecule has 1 fully saturated rings. The molecule has 102 valence electrons. The fourth-order valence-corrected chi connectivity index (χ4v) is 2.16. The van der Waals surface area contributed by atoms with E-state index in [1.807, 2.05) is 20.8 Å². The highest BCUT2D eigenvalue weighted by molar-refractivity contribution is 5.03. The van der Waals surface area contributed by atoms with Crippen LogP contribution in [0.1, 0.15) is 33.6 Å². The first-order chi connectivity index (χ1) is 7.83. The number of rotatable bonds is 6. The van der Waals surface area contributed by atoms with Gasteiger partial charge in [0.05, 0.1) is 6.10 Å². The fraction of sp³-hybridized carbons (Fsp3) is 1.00. The van der Waals surface area contributed by atoms with Crippen LogP contribution in [0.3, 0.4) is 0 Å². The van der Waals surface area contributed by atoms with Crippen LogP contribution in [-0.2, 0) is 9.57 Å². The van der Waals surface area contributed by atoms with Crippen molar-refractivity contribution >= 4 is 0 Å². The van der Waals surface area contributed by atoms with Gasteiger partial charge in [-0.15, -0.1) is 0 Å². The van der Waals surface area contributed by atoms with Gasteiger partial charge in [-0.1, -0.05) is 13.8 Å². The largest absolute Gasteiger partial charge is 0.413 e. The normalized spacial score (nSPS) is 33.5. The van der Waals surface area contributed by atoms with Gasteiger partial charge in [0.1, 0.15) is 0 Å². The van der Waals surface area contributed by atoms with Crippen molar-refractivity contribution < 1.29 is 22.7 Å². The summed E-state index contributed by atoms with van der Waals surface area (Å²) in [5.74, 6) is 0. The highest BCUT2D eigenvalue weighted by Gasteiger charge is 2.51. The van der Waals surface area contributed by atoms with Crippen molar-refractivity contribution in [2.75, 3.05) is 13.2 Å². The predicted octanol–water partition coefficient (Wildman–Crippen LogP) is 2.66. The molecule has 1 aliphatic carbocycles. The van der Waals surface area contributed by atoms with E-state index in [-0.39, 0.29) is 17.6 Å². The lowest BCUT2D eigenvalue weighted by Gasteiger charge is -2.53. The summed E-state index contributed by atoms with van der Waals surface area (Å²) in [6.45, 7) is 5.28. The summed E-state index contributed by atoms with van der Waals surface area (Å²) >= 11 is 0. The molecule has 3 nitrogen and oxygen atoms in total. The van der Waals surface area contributed by atoms with Crippen molar-refractivity contribution in [3.05, 3.63) is 0 Å². The van der Waals surface area contributed by atoms with E-state index in [2.05, 4.69) is 10.3 Å². The monoisotopic (exact) mass is 255 g/mol. The lowest BCUT2D eigenvalue weighted by Crippen LogP contribution is -2.62. The molecule has 0 aromatic rings. The minimum Gasteiger partial charge on any atom is -0.378 e. The van der Waals surface area contributed by atoms with Crippen LogP contribution in [0.4, 0.5) is 13.2 Å². The molecule has 0 amide bonds. The topological polar surface area (TPSA) is 30.5 Å². The van der Waals surface area contributed by atoms with Crippen LogP contribution < -0.4 is 5.48 Å². The van der Waals surface area contributed by atoms with Gasteiger partial charge in [0, 0.05) is 18.1 Å². The highest BCUT2D eigenvalue weighted by Crippen LogP contribution is 2.45. The van der Waals surface area contributed by atoms with E-state index in [9.17, 15) is 13.2 Å². The molecular weight excluding hydrogens is 235 g/mol. The van der Waals surface area contributed by atoms with Gasteiger partial charge < -0.3 is 4.74 Å². The molecule has 0 saturated heterocycles. The molecule has 0 aromatic carbocycles. The third-order valence-corrected chi connectivity index (χ3v) is 3.57. The number of ether oxygens (including phenoxy) is 1. The molecule has 0 spiro atoms. The van der Waals surface area contributed by atoms with Crippen molar-refractivity contribution in [1.82, 2.24) is 5.48 Å². The maximum atomic E-state index is 11.9. The average molecular weight is 255 g/mol. The van der Waals surface area contributed by atoms with Gasteiger partial charge in [-0.25, -0.2) is 0 Å². The first-order valence-corrected chi connectivity index (χ1v) is 5.89. The molecule has 0 aliphatic heterocycles. The summed E-state index contributed by atoms with van der Waals surface area (Å²) in [5.41, 5.74) is 2.35. The number of halogens is 3. The molecule has 1 saturated carbocycles. The molecule has 0 bridgehead atoms. The van der Waals surface area contributed by atoms with Crippen LogP contribution in [0, 0.1) is 5.41 Å². The molecule has 1 N–H and O–H groups in total. The van der Waals surface area contributed by atoms with Crippen molar-refractivity contribution in [1.29, 1.82) is 0 Å². The lowest BCUT2D eigenvalue weighted by molar-refractivity contribution is -0.217. The van der Waals surface area contributed by atoms with Crippen LogP contribution in [0.2, 0.25) is 0 Å². The molecule has 0 heterocycles. The van der Waals surface area contributed by atoms with Crippen molar-refractivity contribution in [2.45, 2.75) is 51.9 Å². The molecule has 0 radical (unpaired) electrons. The summed E-state index contributed by atoms with van der Waals surface area (Å²) in [6, 6.07) is -0.0774. The zero-order chi connectivity index (χ0) is 13.1. The number of nitrogens with one attached hydrogen (secondary N) is 1. The third-order valence-electron chi connectivity index (χ3n) is 3.57. The Balaban J connectivity index is 2.36. The van der Waals surface area contributed by atoms with E-state index < -0.39 is 12.8 Å². The molecule has 0 aromatic heterocycles. The van der Waals surface area contributed by atoms with E-state index in [1.165, 1.54) is 0 Å². The summed E-state index contributed by atoms with van der Waals surface area (Å²) in [7, 11) is 0. The van der Waals surface area contributed by atoms with Gasteiger partial charge in [-0.2, -0.15) is 18.7 Å². The van der Waals surface area contributed by atoms with Gasteiger partial charge in [-0.3, -0.25) is 4.84 Å². The number of hydrogen-bond acceptors (Lipinski definition) is 3. The van der Waals surface area contributed by atoms with Gasteiger partial charge in [0.25, 0.3) is 0 Å². The minimum atomic E-state index is -4.29. The van der Waals surface area contributed by atoms with Crippen LogP contribution in [0.25, 0.3) is 0 Å². The molecule has 1 aliphatic rings. The predicted molar refractivity (Wildman–Crippen MR) is 57.4 cm³/mol. The third kappa shape index (κ3) is 3.56. The summed E-state index contributed by atoms with van der Waals surface area (Å²) in [5, 5.41) is 0. The quantitative estimate of drug-likeness (QED) is 0.740. The minimum absolute atomic E-state index is 0.0774. The molecular formula is C11H20F3NO2. The van der Waals surface area contributed by atoms with E-state index in [1.54, 1.807) is 0 Å². The summed E-state index contributed by atoms with van der Waals surface area (Å²) in [4.78, 5) is 4.50. The SMILES string of the molecule is CCOC1CC(NOCC(F)(F)F)C1(C)CC. The van der Waals surface area contributed by atoms with Crippen LogP contribution in [0.15, 0.2) is 0 Å². The van der Waals surface area contributed by atoms with Crippen molar-refractivity contribution in [3.8, 4) is 0 Å². The molecule has 17 heavy (non-hydrogen) atoms. The van der Waals surface area contributed by atoms with E-state index in [0.29, 0.717) is 13.0 Å². The first kappa shape index (κ1) is 14.7. The Morgan fingerprint density at radius 3 is 2.47 bits per heavy atom. The van der Waals surface area contributed by atoms with Crippen LogP contribution >= 0.6 is 0 Å². The van der Waals surface area contributed by atoms with Crippen LogP contribution in [-0.4, -0.2) is 31.5 Å². The zero-order valence-corrected chi connectivity index (χ0v) is 10.4. The smallest absolute Gasteiger partial charge is 0.378 e. The Bertz CT molecular complexity index is 247. The number of hydroxylamine groups is 1. The van der Waals surface area contributed by atoms with Gasteiger partial charge in [0.2, 0.25) is 0 Å². The maximum absolute atomic E-state index is 11.9. The Kier molecular flexibility index (Phi) is 4.80. The molecule has 3 unspecified atom stereocenters. The Labute approximate surface area is 99.6 Å². The van der Waals surface area contributed by atoms with Crippen LogP contribution in [0.5, 0.6) is 0 Å². The standard InChI is InChI=1S/C11H20F3NO2/c1-4-10(3)8(6-9(10)16-5-2)15-17-7-11(12,13)14/h8-9,15H,4-7H2,1-3H3. The number of alkyl halides is 3. The highest BCUT2D eigenvalue weighted by atomic mass is 19.4. The Hall–Kier alpha value is -0.330. The second-order valence-corrected chi connectivity index (χ2v) is 4.61. The van der Waals surface area contributed by atoms with Crippen molar-refractivity contribution in [2.24, 2.45) is 5.41 Å². The van der Waals surface area contributed by atoms with E-state index >= 15 is 0 Å². The summed E-state index contributed by atoms with van der Waals surface area (Å²) in [6.07, 6.45) is -2.66. The van der Waals surface area contributed by atoms with E-state index in [4.69, 9.17) is 4.74 Å². The van der Waals surface area contributed by atoms with E-state index in [0.717, 1.165) is 6.42 Å². The van der Waals surface area contributed by atoms with Gasteiger partial charge >= 0.3 is 6.18 Å². The molecule has 1 rings (SSSR count). The average Bonchev–Trinajstić information content (AvgIpc) is 2.24. The second kappa shape index (κ2) is 5.54. The Morgan fingerprint density at radius 1 is 1.35 bits per heavy atom. The Morgan fingerprint density at radius 2 is 2.00 bits per heavy atom. The zero-order valence-electron chi connectivity index (χ0n) is 10.4. The number of hydrogen-bond donors (Lipinski definition) is 1. The second-order valence-electron chi connectivity index (χ2n) is 4.61. The maximum Gasteiger partial charge on any atom is 0.413 e. The summed E-state index contributed by atoms with van der Waals surface area (Å²) < 4.78 is 41.3. The molecule has 6 heteroatoms. The fourth-order valence-electron chi connectivity index (χ4n) is 2.16. The van der Waals surface area contributed by atoms with Gasteiger partial charge in [0.15, 0.2) is 6.61 Å². The first-order valence-electron chi connectivity index (χ1n) is 5.89. The van der Waals surface area contributed by atoms with Gasteiger partial charge in [-0.05, 0) is 19.8 Å². The lowest BCUT2D eigenvalue weighted by atomic mass is 9.62.